The Balaban J connectivity index is 2.34. The van der Waals surface area contributed by atoms with Crippen LogP contribution in [0.3, 0.4) is 0 Å². The van der Waals surface area contributed by atoms with E-state index in [1.807, 2.05) is 28.9 Å². The number of rotatable bonds is 2. The smallest absolute Gasteiger partial charge is 0.0765 e. The molecule has 0 saturated carbocycles. The number of nitrogens with zero attached hydrogens (tertiary/aromatic N) is 1. The van der Waals surface area contributed by atoms with Crippen molar-refractivity contribution in [3.8, 4) is 0 Å². The molecule has 16 heavy (non-hydrogen) atoms. The highest BCUT2D eigenvalue weighted by atomic mass is 127. The summed E-state index contributed by atoms with van der Waals surface area (Å²) in [6.45, 7) is 0. The van der Waals surface area contributed by atoms with Crippen LogP contribution in [0.1, 0.15) is 18.4 Å². The average Bonchev–Trinajstić information content (AvgIpc) is 2.29. The Morgan fingerprint density at radius 3 is 2.75 bits per heavy atom. The Labute approximate surface area is 115 Å². The summed E-state index contributed by atoms with van der Waals surface area (Å²) in [5.74, 6) is 5.69. The van der Waals surface area contributed by atoms with Gasteiger partial charge in [-0.1, -0.05) is 24.3 Å². The van der Waals surface area contributed by atoms with Crippen molar-refractivity contribution in [2.24, 2.45) is 5.84 Å². The summed E-state index contributed by atoms with van der Waals surface area (Å²) in [6, 6.07) is 6.17. The van der Waals surface area contributed by atoms with E-state index in [2.05, 4.69) is 43.0 Å². The van der Waals surface area contributed by atoms with E-state index in [-0.39, 0.29) is 0 Å². The minimum absolute atomic E-state index is 0.907. The number of allylic oxidation sites excluding steroid dienone is 4. The van der Waals surface area contributed by atoms with Gasteiger partial charge in [-0.15, -0.1) is 12.6 Å². The lowest BCUT2D eigenvalue weighted by atomic mass is 9.97. The third-order valence-electron chi connectivity index (χ3n) is 2.59. The molecule has 0 aromatic heterocycles. The van der Waals surface area contributed by atoms with Crippen LogP contribution in [0.5, 0.6) is 0 Å². The minimum Gasteiger partial charge on any atom is -0.250 e. The lowest BCUT2D eigenvalue weighted by molar-refractivity contribution is 1.05. The summed E-state index contributed by atoms with van der Waals surface area (Å²) in [6.07, 6.45) is 8.67. The van der Waals surface area contributed by atoms with E-state index in [9.17, 15) is 0 Å². The largest absolute Gasteiger partial charge is 0.250 e. The number of hydrazine groups is 1. The van der Waals surface area contributed by atoms with Gasteiger partial charge >= 0.3 is 0 Å². The molecule has 0 saturated heterocycles. The Morgan fingerprint density at radius 2 is 2.19 bits per heavy atom. The van der Waals surface area contributed by atoms with Gasteiger partial charge in [-0.2, -0.15) is 0 Å². The number of halogens is 1. The molecule has 1 aliphatic rings. The van der Waals surface area contributed by atoms with Gasteiger partial charge in [0.05, 0.1) is 28.6 Å². The zero-order chi connectivity index (χ0) is 11.5. The van der Waals surface area contributed by atoms with Crippen LogP contribution in [0.15, 0.2) is 41.3 Å². The molecule has 0 bridgehead atoms. The highest BCUT2D eigenvalue weighted by molar-refractivity contribution is 14.1. The van der Waals surface area contributed by atoms with Crippen LogP contribution in [0.2, 0.25) is 0 Å². The molecule has 0 amide bonds. The first kappa shape index (κ1) is 12.0. The molecule has 0 heterocycles. The van der Waals surface area contributed by atoms with Crippen LogP contribution < -0.4 is 9.06 Å². The van der Waals surface area contributed by atoms with Gasteiger partial charge in [-0.05, 0) is 36.1 Å². The van der Waals surface area contributed by atoms with Crippen LogP contribution in [-0.2, 0) is 0 Å². The molecular weight excluding hydrogens is 331 g/mol. The average molecular weight is 344 g/mol. The van der Waals surface area contributed by atoms with Gasteiger partial charge in [0.1, 0.15) is 0 Å². The molecule has 0 atom stereocenters. The summed E-state index contributed by atoms with van der Waals surface area (Å²) in [7, 11) is 0. The molecule has 84 valence electrons. The maximum atomic E-state index is 5.69. The second-order valence-corrected chi connectivity index (χ2v) is 5.19. The van der Waals surface area contributed by atoms with Crippen molar-refractivity contribution in [1.29, 1.82) is 0 Å². The Hall–Kier alpha value is -0.460. The van der Waals surface area contributed by atoms with Gasteiger partial charge < -0.3 is 0 Å². The first-order valence-corrected chi connectivity index (χ1v) is 6.49. The SMILES string of the molecule is NN(I)c1ccc(C2=CC=CCC2)cc1S. The topological polar surface area (TPSA) is 29.3 Å². The fourth-order valence-electron chi connectivity index (χ4n) is 1.75. The normalized spacial score (nSPS) is 14.8. The summed E-state index contributed by atoms with van der Waals surface area (Å²) in [4.78, 5) is 0.907. The fourth-order valence-corrected chi connectivity index (χ4v) is 2.68. The van der Waals surface area contributed by atoms with Crippen molar-refractivity contribution in [2.45, 2.75) is 17.7 Å². The van der Waals surface area contributed by atoms with Crippen LogP contribution in [0.4, 0.5) is 5.69 Å². The van der Waals surface area contributed by atoms with Crippen LogP contribution >= 0.6 is 35.5 Å². The van der Waals surface area contributed by atoms with E-state index in [0.29, 0.717) is 0 Å². The maximum absolute atomic E-state index is 5.69. The predicted octanol–water partition coefficient (Wildman–Crippen LogP) is 3.74. The molecule has 2 rings (SSSR count). The minimum atomic E-state index is 0.907. The highest BCUT2D eigenvalue weighted by Crippen LogP contribution is 2.30. The van der Waals surface area contributed by atoms with Crippen molar-refractivity contribution in [1.82, 2.24) is 0 Å². The molecule has 0 spiro atoms. The molecule has 4 heteroatoms. The summed E-state index contributed by atoms with van der Waals surface area (Å²) in [5.41, 5.74) is 3.53. The fraction of sp³-hybridized carbons (Fsp3) is 0.167. The molecule has 2 N–H and O–H groups in total. The number of anilines is 1. The Bertz CT molecular complexity index is 452. The van der Waals surface area contributed by atoms with Gasteiger partial charge in [-0.3, -0.25) is 0 Å². The highest BCUT2D eigenvalue weighted by Gasteiger charge is 2.07. The van der Waals surface area contributed by atoms with Crippen molar-refractivity contribution >= 4 is 46.8 Å². The molecule has 1 aliphatic carbocycles. The van der Waals surface area contributed by atoms with Crippen LogP contribution in [0.25, 0.3) is 5.57 Å². The standard InChI is InChI=1S/C12H13IN2S/c13-15(14)11-7-6-10(8-12(11)16)9-4-2-1-3-5-9/h1-2,4,6-8,16H,3,5,14H2. The van der Waals surface area contributed by atoms with Crippen molar-refractivity contribution in [2.75, 3.05) is 3.22 Å². The van der Waals surface area contributed by atoms with Crippen LogP contribution in [0, 0.1) is 0 Å². The van der Waals surface area contributed by atoms with E-state index in [1.54, 1.807) is 3.22 Å². The predicted molar refractivity (Wildman–Crippen MR) is 80.7 cm³/mol. The Kier molecular flexibility index (Phi) is 3.94. The quantitative estimate of drug-likeness (QED) is 0.281. The number of hydrogen-bond donors (Lipinski definition) is 2. The monoisotopic (exact) mass is 344 g/mol. The second kappa shape index (κ2) is 5.25. The molecule has 2 nitrogen and oxygen atoms in total. The number of benzene rings is 1. The van der Waals surface area contributed by atoms with E-state index in [4.69, 9.17) is 5.84 Å². The van der Waals surface area contributed by atoms with Crippen molar-refractivity contribution < 1.29 is 0 Å². The van der Waals surface area contributed by atoms with Crippen molar-refractivity contribution in [3.05, 3.63) is 42.0 Å². The molecule has 0 radical (unpaired) electrons. The van der Waals surface area contributed by atoms with E-state index in [0.717, 1.165) is 23.4 Å². The third-order valence-corrected chi connectivity index (χ3v) is 3.47. The summed E-state index contributed by atoms with van der Waals surface area (Å²) in [5, 5.41) is 0. The van der Waals surface area contributed by atoms with Gasteiger partial charge in [-0.25, -0.2) is 9.06 Å². The third kappa shape index (κ3) is 2.61. The molecule has 0 aliphatic heterocycles. The van der Waals surface area contributed by atoms with Gasteiger partial charge in [0.2, 0.25) is 0 Å². The van der Waals surface area contributed by atoms with Crippen molar-refractivity contribution in [3.63, 3.8) is 0 Å². The van der Waals surface area contributed by atoms with Crippen LogP contribution in [-0.4, -0.2) is 0 Å². The summed E-state index contributed by atoms with van der Waals surface area (Å²) < 4.78 is 1.55. The number of hydrogen-bond acceptors (Lipinski definition) is 3. The lowest BCUT2D eigenvalue weighted by Crippen LogP contribution is -2.17. The molecular formula is C12H13IN2S. The first-order chi connectivity index (χ1) is 7.68. The number of nitrogens with two attached hydrogens (primary N) is 1. The zero-order valence-corrected chi connectivity index (χ0v) is 11.8. The second-order valence-electron chi connectivity index (χ2n) is 3.67. The van der Waals surface area contributed by atoms with E-state index in [1.165, 1.54) is 11.1 Å². The number of thiol groups is 1. The first-order valence-electron chi connectivity index (χ1n) is 5.08. The van der Waals surface area contributed by atoms with E-state index < -0.39 is 0 Å². The maximum Gasteiger partial charge on any atom is 0.0765 e. The van der Waals surface area contributed by atoms with Gasteiger partial charge in [0.25, 0.3) is 0 Å². The molecule has 1 aromatic rings. The summed E-state index contributed by atoms with van der Waals surface area (Å²) >= 11 is 6.49. The molecule has 0 unspecified atom stereocenters. The van der Waals surface area contributed by atoms with Gasteiger partial charge in [0, 0.05) is 4.90 Å². The Morgan fingerprint density at radius 1 is 1.38 bits per heavy atom. The van der Waals surface area contributed by atoms with E-state index >= 15 is 0 Å². The molecule has 0 fully saturated rings. The lowest BCUT2D eigenvalue weighted by Gasteiger charge is -2.15. The van der Waals surface area contributed by atoms with Gasteiger partial charge in [0.15, 0.2) is 0 Å². The molecule has 1 aromatic carbocycles. The zero-order valence-electron chi connectivity index (χ0n) is 8.73.